The molecule has 0 aliphatic rings. The second kappa shape index (κ2) is 10.2. The highest BCUT2D eigenvalue weighted by Gasteiger charge is 2.09. The summed E-state index contributed by atoms with van der Waals surface area (Å²) in [6.07, 6.45) is 0.400. The molecule has 0 aromatic heterocycles. The maximum absolute atomic E-state index is 12.3. The molecule has 0 aliphatic heterocycles. The fourth-order valence-electron chi connectivity index (χ4n) is 2.40. The van der Waals surface area contributed by atoms with Gasteiger partial charge in [-0.05, 0) is 61.4 Å². The zero-order chi connectivity index (χ0) is 20.5. The number of carbonyl (C=O) groups is 2. The molecule has 0 spiro atoms. The van der Waals surface area contributed by atoms with E-state index in [1.54, 1.807) is 13.0 Å². The Kier molecular flexibility index (Phi) is 7.63. The summed E-state index contributed by atoms with van der Waals surface area (Å²) < 4.78 is 5.55. The number of anilines is 3. The second-order valence-electron chi connectivity index (χ2n) is 6.55. The van der Waals surface area contributed by atoms with Crippen molar-refractivity contribution in [2.75, 3.05) is 29.1 Å². The lowest BCUT2D eigenvalue weighted by Gasteiger charge is -2.14. The third-order valence-corrected chi connectivity index (χ3v) is 4.00. The fourth-order valence-corrected chi connectivity index (χ4v) is 2.40. The molecule has 0 unspecified atom stereocenters. The Labute approximate surface area is 166 Å². The van der Waals surface area contributed by atoms with Crippen LogP contribution in [0.2, 0.25) is 0 Å². The molecule has 2 aromatic rings. The molecular formula is C22H27N3O3. The van der Waals surface area contributed by atoms with Crippen molar-refractivity contribution in [3.8, 4) is 5.75 Å². The number of amides is 2. The average molecular weight is 381 g/mol. The Morgan fingerprint density at radius 1 is 1.00 bits per heavy atom. The van der Waals surface area contributed by atoms with Gasteiger partial charge < -0.3 is 20.7 Å². The first kappa shape index (κ1) is 21.0. The maximum atomic E-state index is 12.3. The highest BCUT2D eigenvalue weighted by atomic mass is 16.5. The molecule has 148 valence electrons. The molecule has 2 rings (SSSR count). The van der Waals surface area contributed by atoms with Gasteiger partial charge in [0.1, 0.15) is 12.4 Å². The van der Waals surface area contributed by atoms with Gasteiger partial charge in [-0.2, -0.15) is 0 Å². The molecule has 0 atom stereocenters. The van der Waals surface area contributed by atoms with Crippen LogP contribution in [0.25, 0.3) is 0 Å². The quantitative estimate of drug-likeness (QED) is 0.564. The Morgan fingerprint density at radius 3 is 2.18 bits per heavy atom. The van der Waals surface area contributed by atoms with Crippen LogP contribution in [-0.4, -0.2) is 25.0 Å². The number of ether oxygens (including phenoxy) is 1. The number of rotatable bonds is 9. The van der Waals surface area contributed by atoms with Gasteiger partial charge in [0, 0.05) is 23.5 Å². The monoisotopic (exact) mass is 381 g/mol. The number of hydrogen-bond acceptors (Lipinski definition) is 4. The summed E-state index contributed by atoms with van der Waals surface area (Å²) in [5, 5.41) is 8.78. The van der Waals surface area contributed by atoms with Gasteiger partial charge in [0.05, 0.1) is 6.54 Å². The van der Waals surface area contributed by atoms with Crippen molar-refractivity contribution in [2.24, 2.45) is 0 Å². The van der Waals surface area contributed by atoms with Gasteiger partial charge in [0.25, 0.3) is 0 Å². The van der Waals surface area contributed by atoms with Crippen LogP contribution < -0.4 is 20.7 Å². The smallest absolute Gasteiger partial charge is 0.243 e. The Hall–Kier alpha value is -3.28. The van der Waals surface area contributed by atoms with Gasteiger partial charge >= 0.3 is 0 Å². The van der Waals surface area contributed by atoms with Crippen LogP contribution >= 0.6 is 0 Å². The zero-order valence-electron chi connectivity index (χ0n) is 16.6. The van der Waals surface area contributed by atoms with Gasteiger partial charge in [-0.15, -0.1) is 0 Å². The van der Waals surface area contributed by atoms with Gasteiger partial charge in [0.2, 0.25) is 11.8 Å². The summed E-state index contributed by atoms with van der Waals surface area (Å²) in [5.74, 6) is 0.508. The second-order valence-corrected chi connectivity index (χ2v) is 6.55. The first-order valence-corrected chi connectivity index (χ1v) is 9.19. The van der Waals surface area contributed by atoms with E-state index in [1.165, 1.54) is 0 Å². The van der Waals surface area contributed by atoms with Gasteiger partial charge in [-0.25, -0.2) is 0 Å². The Morgan fingerprint density at radius 2 is 1.61 bits per heavy atom. The Bertz CT molecular complexity index is 845. The predicted octanol–water partition coefficient (Wildman–Crippen LogP) is 4.35. The standard InChI is InChI=1S/C22H27N3O3/c1-5-21(26)24-19-7-6-8-20(16(19)4)25-22(27)13-23-17-9-11-18(12-10-17)28-14-15(2)3/h6-12,23H,2,5,13-14H2,1,3-4H3,(H,24,26)(H,25,27). The van der Waals surface area contributed by atoms with E-state index < -0.39 is 0 Å². The van der Waals surface area contributed by atoms with Gasteiger partial charge in [-0.1, -0.05) is 19.6 Å². The molecule has 0 heterocycles. The molecular weight excluding hydrogens is 354 g/mol. The molecule has 0 saturated carbocycles. The lowest BCUT2D eigenvalue weighted by atomic mass is 10.1. The lowest BCUT2D eigenvalue weighted by Crippen LogP contribution is -2.22. The van der Waals surface area contributed by atoms with E-state index in [9.17, 15) is 9.59 Å². The molecule has 2 aromatic carbocycles. The molecule has 0 fully saturated rings. The summed E-state index contributed by atoms with van der Waals surface area (Å²) in [5.41, 5.74) is 3.95. The molecule has 2 amide bonds. The van der Waals surface area contributed by atoms with Crippen LogP contribution in [-0.2, 0) is 9.59 Å². The largest absolute Gasteiger partial charge is 0.489 e. The minimum absolute atomic E-state index is 0.0658. The van der Waals surface area contributed by atoms with Crippen LogP contribution in [0.15, 0.2) is 54.6 Å². The van der Waals surface area contributed by atoms with Crippen LogP contribution in [0, 0.1) is 6.92 Å². The van der Waals surface area contributed by atoms with Gasteiger partial charge in [0.15, 0.2) is 0 Å². The van der Waals surface area contributed by atoms with Crippen molar-refractivity contribution in [1.82, 2.24) is 0 Å². The van der Waals surface area contributed by atoms with Crippen molar-refractivity contribution in [2.45, 2.75) is 27.2 Å². The number of hydrogen-bond donors (Lipinski definition) is 3. The highest BCUT2D eigenvalue weighted by Crippen LogP contribution is 2.23. The van der Waals surface area contributed by atoms with E-state index in [2.05, 4.69) is 22.5 Å². The van der Waals surface area contributed by atoms with E-state index in [-0.39, 0.29) is 18.4 Å². The minimum atomic E-state index is -0.176. The minimum Gasteiger partial charge on any atom is -0.489 e. The van der Waals surface area contributed by atoms with E-state index >= 15 is 0 Å². The van der Waals surface area contributed by atoms with Gasteiger partial charge in [-0.3, -0.25) is 9.59 Å². The maximum Gasteiger partial charge on any atom is 0.243 e. The summed E-state index contributed by atoms with van der Waals surface area (Å²) in [7, 11) is 0. The molecule has 0 saturated heterocycles. The highest BCUT2D eigenvalue weighted by molar-refractivity contribution is 5.97. The van der Waals surface area contributed by atoms with Crippen molar-refractivity contribution in [3.05, 3.63) is 60.2 Å². The normalized spacial score (nSPS) is 10.1. The Balaban J connectivity index is 1.89. The van der Waals surface area contributed by atoms with Crippen LogP contribution in [0.4, 0.5) is 17.1 Å². The average Bonchev–Trinajstić information content (AvgIpc) is 2.68. The number of carbonyl (C=O) groups excluding carboxylic acids is 2. The van der Waals surface area contributed by atoms with Crippen molar-refractivity contribution >= 4 is 28.9 Å². The number of benzene rings is 2. The van der Waals surface area contributed by atoms with Crippen LogP contribution in [0.3, 0.4) is 0 Å². The molecule has 0 radical (unpaired) electrons. The van der Waals surface area contributed by atoms with E-state index in [4.69, 9.17) is 4.74 Å². The molecule has 3 N–H and O–H groups in total. The topological polar surface area (TPSA) is 79.5 Å². The van der Waals surface area contributed by atoms with E-state index in [1.807, 2.05) is 50.2 Å². The predicted molar refractivity (Wildman–Crippen MR) is 114 cm³/mol. The molecule has 6 heteroatoms. The lowest BCUT2D eigenvalue weighted by molar-refractivity contribution is -0.116. The van der Waals surface area contributed by atoms with Crippen LogP contribution in [0.5, 0.6) is 5.75 Å². The summed E-state index contributed by atoms with van der Waals surface area (Å²) in [4.78, 5) is 23.9. The number of nitrogens with one attached hydrogen (secondary N) is 3. The SMILES string of the molecule is C=C(C)COc1ccc(NCC(=O)Nc2cccc(NC(=O)CC)c2C)cc1. The summed E-state index contributed by atoms with van der Waals surface area (Å²) in [6, 6.07) is 12.8. The third-order valence-electron chi connectivity index (χ3n) is 4.00. The van der Waals surface area contributed by atoms with Crippen molar-refractivity contribution < 1.29 is 14.3 Å². The fraction of sp³-hybridized carbons (Fsp3) is 0.273. The first-order valence-electron chi connectivity index (χ1n) is 9.19. The third kappa shape index (κ3) is 6.46. The summed E-state index contributed by atoms with van der Waals surface area (Å²) in [6.45, 7) is 9.96. The zero-order valence-corrected chi connectivity index (χ0v) is 16.6. The first-order chi connectivity index (χ1) is 13.4. The molecule has 0 bridgehead atoms. The van der Waals surface area contributed by atoms with Crippen molar-refractivity contribution in [3.63, 3.8) is 0 Å². The molecule has 6 nitrogen and oxygen atoms in total. The summed E-state index contributed by atoms with van der Waals surface area (Å²) >= 11 is 0. The van der Waals surface area contributed by atoms with Crippen molar-refractivity contribution in [1.29, 1.82) is 0 Å². The molecule has 28 heavy (non-hydrogen) atoms. The molecule has 0 aliphatic carbocycles. The van der Waals surface area contributed by atoms with Crippen LogP contribution in [0.1, 0.15) is 25.8 Å². The van der Waals surface area contributed by atoms with E-state index in [0.29, 0.717) is 24.4 Å². The van der Waals surface area contributed by atoms with E-state index in [0.717, 1.165) is 22.6 Å².